The molecule has 23 heavy (non-hydrogen) atoms. The highest BCUT2D eigenvalue weighted by molar-refractivity contribution is 5.83. The summed E-state index contributed by atoms with van der Waals surface area (Å²) >= 11 is 0. The van der Waals surface area contributed by atoms with Crippen molar-refractivity contribution in [1.29, 1.82) is 0 Å². The number of aromatic nitrogens is 1. The van der Waals surface area contributed by atoms with Gasteiger partial charge in [0.15, 0.2) is 5.76 Å². The molecular formula is C18H25N3O2. The molecule has 1 atom stereocenters. The summed E-state index contributed by atoms with van der Waals surface area (Å²) in [5.74, 6) is 0.743. The molecule has 1 heterocycles. The number of carbonyl (C=O) groups is 1. The quantitative estimate of drug-likeness (QED) is 0.822. The Balaban J connectivity index is 2.15. The summed E-state index contributed by atoms with van der Waals surface area (Å²) in [6, 6.07) is 9.67. The average molecular weight is 315 g/mol. The summed E-state index contributed by atoms with van der Waals surface area (Å²) in [6.45, 7) is 4.48. The third-order valence-corrected chi connectivity index (χ3v) is 3.88. The molecule has 0 saturated heterocycles. The molecule has 2 rings (SSSR count). The Morgan fingerprint density at radius 2 is 1.87 bits per heavy atom. The lowest BCUT2D eigenvalue weighted by Crippen LogP contribution is -2.38. The lowest BCUT2D eigenvalue weighted by atomic mass is 10.0. The molecular weight excluding hydrogens is 290 g/mol. The zero-order valence-electron chi connectivity index (χ0n) is 14.5. The van der Waals surface area contributed by atoms with Crippen LogP contribution in [0.2, 0.25) is 0 Å². The highest BCUT2D eigenvalue weighted by atomic mass is 16.5. The Morgan fingerprint density at radius 3 is 2.39 bits per heavy atom. The van der Waals surface area contributed by atoms with Crippen LogP contribution in [0.4, 0.5) is 0 Å². The first kappa shape index (κ1) is 17.2. The number of aryl methyl sites for hydroxylation is 2. The van der Waals surface area contributed by atoms with Gasteiger partial charge in [-0.2, -0.15) is 0 Å². The van der Waals surface area contributed by atoms with E-state index in [4.69, 9.17) is 4.52 Å². The minimum Gasteiger partial charge on any atom is -0.359 e. The van der Waals surface area contributed by atoms with Crippen LogP contribution in [-0.4, -0.2) is 42.0 Å². The van der Waals surface area contributed by atoms with E-state index in [1.807, 2.05) is 63.2 Å². The maximum absolute atomic E-state index is 12.9. The van der Waals surface area contributed by atoms with Gasteiger partial charge in [-0.1, -0.05) is 41.9 Å². The van der Waals surface area contributed by atoms with E-state index in [-0.39, 0.29) is 11.9 Å². The number of likely N-dealkylation sites (N-methyl/N-ethyl adjacent to an activating group) is 2. The molecule has 0 aliphatic carbocycles. The maximum Gasteiger partial charge on any atom is 0.244 e. The summed E-state index contributed by atoms with van der Waals surface area (Å²) in [5.41, 5.74) is 3.08. The number of carbonyl (C=O) groups excluding carboxylic acids is 1. The number of hydrogen-bond acceptors (Lipinski definition) is 4. The van der Waals surface area contributed by atoms with E-state index in [1.165, 1.54) is 5.56 Å². The van der Waals surface area contributed by atoms with Crippen molar-refractivity contribution in [3.05, 3.63) is 52.9 Å². The summed E-state index contributed by atoms with van der Waals surface area (Å²) in [5, 5.41) is 3.97. The lowest BCUT2D eigenvalue weighted by molar-refractivity contribution is -0.135. The molecule has 1 aromatic carbocycles. The van der Waals surface area contributed by atoms with Crippen LogP contribution in [0.25, 0.3) is 0 Å². The third kappa shape index (κ3) is 4.20. The standard InChI is InChI=1S/C18H25N3O2/c1-6-15-11-16(23-19-15)12-21(5)18(22)17(20(3)4)14-9-7-13(2)8-10-14/h7-11,17H,6,12H2,1-5H3/t17-/m1/s1. The van der Waals surface area contributed by atoms with Gasteiger partial charge in [0, 0.05) is 13.1 Å². The first-order valence-electron chi connectivity index (χ1n) is 7.84. The van der Waals surface area contributed by atoms with Crippen LogP contribution >= 0.6 is 0 Å². The number of amides is 1. The SMILES string of the molecule is CCc1cc(CN(C)C(=O)[C@@H](c2ccc(C)cc2)N(C)C)on1. The second-order valence-corrected chi connectivity index (χ2v) is 6.11. The van der Waals surface area contributed by atoms with Crippen LogP contribution in [-0.2, 0) is 17.8 Å². The van der Waals surface area contributed by atoms with E-state index in [0.29, 0.717) is 12.3 Å². The number of nitrogens with zero attached hydrogens (tertiary/aromatic N) is 3. The number of hydrogen-bond donors (Lipinski definition) is 0. The van der Waals surface area contributed by atoms with E-state index in [0.717, 1.165) is 17.7 Å². The molecule has 0 N–H and O–H groups in total. The van der Waals surface area contributed by atoms with Crippen molar-refractivity contribution < 1.29 is 9.32 Å². The molecule has 0 fully saturated rings. The molecule has 0 bridgehead atoms. The minimum atomic E-state index is -0.311. The van der Waals surface area contributed by atoms with Crippen LogP contribution in [0.15, 0.2) is 34.9 Å². The molecule has 5 nitrogen and oxygen atoms in total. The molecule has 2 aromatic rings. The molecule has 0 radical (unpaired) electrons. The van der Waals surface area contributed by atoms with E-state index < -0.39 is 0 Å². The Labute approximate surface area is 137 Å². The van der Waals surface area contributed by atoms with Gasteiger partial charge in [0.2, 0.25) is 5.91 Å². The molecule has 5 heteroatoms. The van der Waals surface area contributed by atoms with Crippen LogP contribution in [0, 0.1) is 6.92 Å². The average Bonchev–Trinajstić information content (AvgIpc) is 2.96. The Bertz CT molecular complexity index is 647. The number of benzene rings is 1. The van der Waals surface area contributed by atoms with Crippen molar-refractivity contribution in [2.24, 2.45) is 0 Å². The topological polar surface area (TPSA) is 49.6 Å². The monoisotopic (exact) mass is 315 g/mol. The summed E-state index contributed by atoms with van der Waals surface area (Å²) in [4.78, 5) is 16.5. The first-order chi connectivity index (χ1) is 10.9. The van der Waals surface area contributed by atoms with Gasteiger partial charge >= 0.3 is 0 Å². The van der Waals surface area contributed by atoms with E-state index in [2.05, 4.69) is 5.16 Å². The summed E-state index contributed by atoms with van der Waals surface area (Å²) in [6.07, 6.45) is 0.824. The van der Waals surface area contributed by atoms with Crippen molar-refractivity contribution in [3.63, 3.8) is 0 Å². The fraction of sp³-hybridized carbons (Fsp3) is 0.444. The van der Waals surface area contributed by atoms with Gasteiger partial charge in [-0.25, -0.2) is 0 Å². The summed E-state index contributed by atoms with van der Waals surface area (Å²) in [7, 11) is 5.63. The second-order valence-electron chi connectivity index (χ2n) is 6.11. The predicted octanol–water partition coefficient (Wildman–Crippen LogP) is 2.81. The van der Waals surface area contributed by atoms with Crippen molar-refractivity contribution in [2.75, 3.05) is 21.1 Å². The molecule has 1 aromatic heterocycles. The van der Waals surface area contributed by atoms with Crippen LogP contribution in [0.1, 0.15) is 35.5 Å². The molecule has 0 saturated carbocycles. The first-order valence-corrected chi connectivity index (χ1v) is 7.84. The number of rotatable bonds is 6. The normalized spacial score (nSPS) is 12.4. The molecule has 1 amide bonds. The van der Waals surface area contributed by atoms with Gasteiger partial charge in [0.1, 0.15) is 6.04 Å². The Morgan fingerprint density at radius 1 is 1.22 bits per heavy atom. The van der Waals surface area contributed by atoms with Gasteiger partial charge in [-0.3, -0.25) is 9.69 Å². The molecule has 124 valence electrons. The van der Waals surface area contributed by atoms with Crippen molar-refractivity contribution in [1.82, 2.24) is 15.0 Å². The van der Waals surface area contributed by atoms with Crippen molar-refractivity contribution in [3.8, 4) is 0 Å². The van der Waals surface area contributed by atoms with Gasteiger partial charge < -0.3 is 9.42 Å². The van der Waals surface area contributed by atoms with Crippen molar-refractivity contribution >= 4 is 5.91 Å². The van der Waals surface area contributed by atoms with Gasteiger partial charge in [0.05, 0.1) is 12.2 Å². The van der Waals surface area contributed by atoms with Gasteiger partial charge in [-0.15, -0.1) is 0 Å². The third-order valence-electron chi connectivity index (χ3n) is 3.88. The predicted molar refractivity (Wildman–Crippen MR) is 90.0 cm³/mol. The fourth-order valence-electron chi connectivity index (χ4n) is 2.53. The summed E-state index contributed by atoms with van der Waals surface area (Å²) < 4.78 is 5.28. The van der Waals surface area contributed by atoms with E-state index >= 15 is 0 Å². The van der Waals surface area contributed by atoms with E-state index in [1.54, 1.807) is 11.9 Å². The second kappa shape index (κ2) is 7.42. The molecule has 0 aliphatic heterocycles. The largest absolute Gasteiger partial charge is 0.359 e. The van der Waals surface area contributed by atoms with Crippen LogP contribution in [0.5, 0.6) is 0 Å². The van der Waals surface area contributed by atoms with Crippen LogP contribution in [0.3, 0.4) is 0 Å². The lowest BCUT2D eigenvalue weighted by Gasteiger charge is -2.28. The van der Waals surface area contributed by atoms with Crippen LogP contribution < -0.4 is 0 Å². The Hall–Kier alpha value is -2.14. The van der Waals surface area contributed by atoms with Gasteiger partial charge in [0.25, 0.3) is 0 Å². The molecule has 0 spiro atoms. The molecule has 0 aliphatic rings. The smallest absolute Gasteiger partial charge is 0.244 e. The highest BCUT2D eigenvalue weighted by Gasteiger charge is 2.26. The fourth-order valence-corrected chi connectivity index (χ4v) is 2.53. The molecule has 0 unspecified atom stereocenters. The highest BCUT2D eigenvalue weighted by Crippen LogP contribution is 2.22. The van der Waals surface area contributed by atoms with Gasteiger partial charge in [-0.05, 0) is 33.0 Å². The zero-order valence-corrected chi connectivity index (χ0v) is 14.5. The maximum atomic E-state index is 12.9. The van der Waals surface area contributed by atoms with Crippen molar-refractivity contribution in [2.45, 2.75) is 32.9 Å². The minimum absolute atomic E-state index is 0.0355. The zero-order chi connectivity index (χ0) is 17.0. The Kier molecular flexibility index (Phi) is 5.55. The van der Waals surface area contributed by atoms with E-state index in [9.17, 15) is 4.79 Å².